The molecule has 21 heavy (non-hydrogen) atoms. The van der Waals surface area contributed by atoms with Gasteiger partial charge in [0, 0.05) is 17.5 Å². The molecule has 1 aliphatic heterocycles. The van der Waals surface area contributed by atoms with Gasteiger partial charge < -0.3 is 10.4 Å². The third-order valence-corrected chi connectivity index (χ3v) is 4.99. The van der Waals surface area contributed by atoms with E-state index in [1.54, 1.807) is 0 Å². The second kappa shape index (κ2) is 6.66. The molecule has 4 unspecified atom stereocenters. The van der Waals surface area contributed by atoms with E-state index in [4.69, 9.17) is 0 Å². The largest absolute Gasteiger partial charge is 0.393 e. The average Bonchev–Trinajstić information content (AvgIpc) is 2.82. The summed E-state index contributed by atoms with van der Waals surface area (Å²) in [4.78, 5) is 14.8. The molecule has 4 nitrogen and oxygen atoms in total. The second-order valence-electron chi connectivity index (χ2n) is 7.88. The molecule has 0 bridgehead atoms. The number of rotatable bonds is 3. The lowest BCUT2D eigenvalue weighted by Gasteiger charge is -2.43. The predicted octanol–water partition coefficient (Wildman–Crippen LogP) is 2.31. The second-order valence-corrected chi connectivity index (χ2v) is 7.88. The standard InChI is InChI=1S/C17H32N2O2/c1-12(16(21)18-17(2,3)4)19-11-6-5-9-14(19)13-8-7-10-15(13)20/h12-15,20H,5-11H2,1-4H3,(H,18,21). The molecule has 1 heterocycles. The minimum Gasteiger partial charge on any atom is -0.393 e. The van der Waals surface area contributed by atoms with E-state index < -0.39 is 0 Å². The number of likely N-dealkylation sites (tertiary alicyclic amines) is 1. The predicted molar refractivity (Wildman–Crippen MR) is 85.1 cm³/mol. The van der Waals surface area contributed by atoms with Crippen molar-refractivity contribution in [3.8, 4) is 0 Å². The maximum Gasteiger partial charge on any atom is 0.237 e. The monoisotopic (exact) mass is 296 g/mol. The van der Waals surface area contributed by atoms with Crippen molar-refractivity contribution in [2.75, 3.05) is 6.54 Å². The first-order valence-corrected chi connectivity index (χ1v) is 8.55. The number of aliphatic hydroxyl groups is 1. The molecule has 1 saturated heterocycles. The zero-order valence-electron chi connectivity index (χ0n) is 14.1. The molecule has 4 heteroatoms. The first-order valence-electron chi connectivity index (χ1n) is 8.55. The maximum atomic E-state index is 12.5. The van der Waals surface area contributed by atoms with Crippen LogP contribution >= 0.6 is 0 Å². The van der Waals surface area contributed by atoms with E-state index in [1.165, 1.54) is 6.42 Å². The smallest absolute Gasteiger partial charge is 0.237 e. The zero-order valence-corrected chi connectivity index (χ0v) is 14.1. The molecule has 2 fully saturated rings. The first kappa shape index (κ1) is 16.8. The van der Waals surface area contributed by atoms with Crippen LogP contribution in [0.1, 0.15) is 66.2 Å². The lowest BCUT2D eigenvalue weighted by Crippen LogP contribution is -2.57. The van der Waals surface area contributed by atoms with Crippen LogP contribution in [0.15, 0.2) is 0 Å². The van der Waals surface area contributed by atoms with E-state index in [2.05, 4.69) is 10.2 Å². The van der Waals surface area contributed by atoms with Gasteiger partial charge in [-0.25, -0.2) is 0 Å². The van der Waals surface area contributed by atoms with Gasteiger partial charge in [-0.1, -0.05) is 12.8 Å². The summed E-state index contributed by atoms with van der Waals surface area (Å²) in [5.41, 5.74) is -0.191. The van der Waals surface area contributed by atoms with Gasteiger partial charge in [0.1, 0.15) is 0 Å². The fourth-order valence-corrected chi connectivity index (χ4v) is 3.96. The fraction of sp³-hybridized carbons (Fsp3) is 0.941. The summed E-state index contributed by atoms with van der Waals surface area (Å²) in [5, 5.41) is 13.3. The van der Waals surface area contributed by atoms with Gasteiger partial charge in [-0.2, -0.15) is 0 Å². The van der Waals surface area contributed by atoms with Crippen LogP contribution in [0.5, 0.6) is 0 Å². The first-order chi connectivity index (χ1) is 9.79. The molecule has 4 atom stereocenters. The van der Waals surface area contributed by atoms with E-state index in [-0.39, 0.29) is 23.6 Å². The molecule has 0 aromatic heterocycles. The van der Waals surface area contributed by atoms with Gasteiger partial charge in [0.25, 0.3) is 0 Å². The van der Waals surface area contributed by atoms with Crippen LogP contribution in [-0.2, 0) is 4.79 Å². The van der Waals surface area contributed by atoms with Crippen LogP contribution in [0.3, 0.4) is 0 Å². The third kappa shape index (κ3) is 4.19. The summed E-state index contributed by atoms with van der Waals surface area (Å²) in [7, 11) is 0. The highest BCUT2D eigenvalue weighted by atomic mass is 16.3. The number of aliphatic hydroxyl groups excluding tert-OH is 1. The molecule has 2 rings (SSSR count). The summed E-state index contributed by atoms with van der Waals surface area (Å²) < 4.78 is 0. The Hall–Kier alpha value is -0.610. The average molecular weight is 296 g/mol. The van der Waals surface area contributed by atoms with E-state index in [0.29, 0.717) is 12.0 Å². The molecular formula is C17H32N2O2. The Kier molecular flexibility index (Phi) is 5.31. The SMILES string of the molecule is CC(C(=O)NC(C)(C)C)N1CCCCC1C1CCCC1O. The number of hydrogen-bond donors (Lipinski definition) is 2. The molecule has 1 saturated carbocycles. The summed E-state index contributed by atoms with van der Waals surface area (Å²) in [6, 6.07) is 0.263. The minimum atomic E-state index is -0.191. The molecule has 1 amide bonds. The number of hydrogen-bond acceptors (Lipinski definition) is 3. The topological polar surface area (TPSA) is 52.6 Å². The van der Waals surface area contributed by atoms with Crippen LogP contribution < -0.4 is 5.32 Å². The Balaban J connectivity index is 2.05. The molecule has 1 aliphatic carbocycles. The van der Waals surface area contributed by atoms with Gasteiger partial charge in [-0.05, 0) is 59.9 Å². The third-order valence-electron chi connectivity index (χ3n) is 4.99. The number of amides is 1. The molecule has 2 N–H and O–H groups in total. The molecular weight excluding hydrogens is 264 g/mol. The molecule has 2 aliphatic rings. The maximum absolute atomic E-state index is 12.5. The van der Waals surface area contributed by atoms with Crippen molar-refractivity contribution in [2.45, 2.75) is 89.9 Å². The van der Waals surface area contributed by atoms with Crippen molar-refractivity contribution in [3.05, 3.63) is 0 Å². The number of piperidine rings is 1. The fourth-order valence-electron chi connectivity index (χ4n) is 3.96. The van der Waals surface area contributed by atoms with E-state index in [9.17, 15) is 9.90 Å². The van der Waals surface area contributed by atoms with Crippen molar-refractivity contribution in [2.24, 2.45) is 5.92 Å². The van der Waals surface area contributed by atoms with E-state index in [1.807, 2.05) is 27.7 Å². The van der Waals surface area contributed by atoms with Crippen LogP contribution in [0.25, 0.3) is 0 Å². The highest BCUT2D eigenvalue weighted by molar-refractivity contribution is 5.82. The Morgan fingerprint density at radius 2 is 1.90 bits per heavy atom. The van der Waals surface area contributed by atoms with Crippen molar-refractivity contribution in [1.29, 1.82) is 0 Å². The summed E-state index contributed by atoms with van der Waals surface area (Å²) in [5.74, 6) is 0.470. The molecule has 0 aromatic carbocycles. The summed E-state index contributed by atoms with van der Waals surface area (Å²) >= 11 is 0. The van der Waals surface area contributed by atoms with Crippen LogP contribution in [-0.4, -0.2) is 46.2 Å². The summed E-state index contributed by atoms with van der Waals surface area (Å²) in [6.07, 6.45) is 6.49. The Bertz CT molecular complexity index is 364. The Morgan fingerprint density at radius 1 is 1.19 bits per heavy atom. The Labute approximate surface area is 129 Å². The van der Waals surface area contributed by atoms with E-state index in [0.717, 1.165) is 38.6 Å². The normalized spacial score (nSPS) is 32.9. The number of nitrogens with zero attached hydrogens (tertiary/aromatic N) is 1. The number of nitrogens with one attached hydrogen (secondary N) is 1. The quantitative estimate of drug-likeness (QED) is 0.840. The lowest BCUT2D eigenvalue weighted by atomic mass is 9.86. The zero-order chi connectivity index (χ0) is 15.6. The van der Waals surface area contributed by atoms with Crippen LogP contribution in [0.2, 0.25) is 0 Å². The van der Waals surface area contributed by atoms with Gasteiger partial charge in [-0.15, -0.1) is 0 Å². The van der Waals surface area contributed by atoms with Gasteiger partial charge in [0.2, 0.25) is 5.91 Å². The number of carbonyl (C=O) groups is 1. The van der Waals surface area contributed by atoms with Gasteiger partial charge >= 0.3 is 0 Å². The van der Waals surface area contributed by atoms with Crippen LogP contribution in [0.4, 0.5) is 0 Å². The van der Waals surface area contributed by atoms with Crippen LogP contribution in [0, 0.1) is 5.92 Å². The summed E-state index contributed by atoms with van der Waals surface area (Å²) in [6.45, 7) is 9.05. The van der Waals surface area contributed by atoms with Gasteiger partial charge in [0.15, 0.2) is 0 Å². The van der Waals surface area contributed by atoms with Crippen molar-refractivity contribution in [1.82, 2.24) is 10.2 Å². The van der Waals surface area contributed by atoms with Gasteiger partial charge in [0.05, 0.1) is 12.1 Å². The van der Waals surface area contributed by atoms with Crippen molar-refractivity contribution >= 4 is 5.91 Å². The lowest BCUT2D eigenvalue weighted by molar-refractivity contribution is -0.130. The van der Waals surface area contributed by atoms with Gasteiger partial charge in [-0.3, -0.25) is 9.69 Å². The van der Waals surface area contributed by atoms with E-state index >= 15 is 0 Å². The highest BCUT2D eigenvalue weighted by Gasteiger charge is 2.40. The Morgan fingerprint density at radius 3 is 2.48 bits per heavy atom. The molecule has 122 valence electrons. The van der Waals surface area contributed by atoms with Crippen molar-refractivity contribution < 1.29 is 9.90 Å². The molecule has 0 spiro atoms. The number of carbonyl (C=O) groups excluding carboxylic acids is 1. The minimum absolute atomic E-state index is 0.109. The molecule has 0 radical (unpaired) electrons. The molecule has 0 aromatic rings. The highest BCUT2D eigenvalue weighted by Crippen LogP contribution is 2.36. The van der Waals surface area contributed by atoms with Crippen molar-refractivity contribution in [3.63, 3.8) is 0 Å².